The Morgan fingerprint density at radius 2 is 2.08 bits per heavy atom. The summed E-state index contributed by atoms with van der Waals surface area (Å²) < 4.78 is 0. The first-order chi connectivity index (χ1) is 11.7. The number of benzene rings is 1. The van der Waals surface area contributed by atoms with Crippen LogP contribution in [-0.4, -0.2) is 37.6 Å². The lowest BCUT2D eigenvalue weighted by Crippen LogP contribution is -2.39. The van der Waals surface area contributed by atoms with Crippen LogP contribution in [0.1, 0.15) is 30.5 Å². The zero-order chi connectivity index (χ0) is 16.9. The molecule has 1 aliphatic carbocycles. The van der Waals surface area contributed by atoms with Crippen LogP contribution < -0.4 is 15.5 Å². The number of thiazole rings is 1. The number of halogens is 1. The Morgan fingerprint density at radius 3 is 2.72 bits per heavy atom. The second kappa shape index (κ2) is 9.38. The molecule has 0 spiro atoms. The van der Waals surface area contributed by atoms with Gasteiger partial charge in [-0.2, -0.15) is 0 Å². The summed E-state index contributed by atoms with van der Waals surface area (Å²) in [6.45, 7) is 3.54. The van der Waals surface area contributed by atoms with Gasteiger partial charge in [-0.3, -0.25) is 0 Å². The molecule has 3 rings (SSSR count). The molecular weight excluding hydrogens is 445 g/mol. The van der Waals surface area contributed by atoms with Crippen LogP contribution in [0, 0.1) is 0 Å². The van der Waals surface area contributed by atoms with Crippen LogP contribution in [0.5, 0.6) is 0 Å². The van der Waals surface area contributed by atoms with Crippen molar-refractivity contribution in [3.05, 3.63) is 47.0 Å². The van der Waals surface area contributed by atoms with Crippen LogP contribution in [0.2, 0.25) is 0 Å². The van der Waals surface area contributed by atoms with E-state index in [4.69, 9.17) is 0 Å². The monoisotopic (exact) mass is 471 g/mol. The van der Waals surface area contributed by atoms with Crippen LogP contribution >= 0.6 is 35.3 Å². The van der Waals surface area contributed by atoms with Gasteiger partial charge < -0.3 is 15.5 Å². The Kier molecular flexibility index (Phi) is 7.49. The first-order valence-electron chi connectivity index (χ1n) is 8.39. The molecule has 5 nitrogen and oxygen atoms in total. The van der Waals surface area contributed by atoms with E-state index in [0.717, 1.165) is 29.8 Å². The number of hydrogen-bond acceptors (Lipinski definition) is 4. The number of hydrogen-bond donors (Lipinski definition) is 2. The van der Waals surface area contributed by atoms with Gasteiger partial charge in [-0.15, -0.1) is 35.3 Å². The Morgan fingerprint density at radius 1 is 1.32 bits per heavy atom. The summed E-state index contributed by atoms with van der Waals surface area (Å²) in [4.78, 5) is 11.3. The fourth-order valence-electron chi connectivity index (χ4n) is 2.65. The average Bonchev–Trinajstić information content (AvgIpc) is 3.18. The van der Waals surface area contributed by atoms with Gasteiger partial charge in [0.25, 0.3) is 0 Å². The maximum absolute atomic E-state index is 4.68. The average molecular weight is 471 g/mol. The van der Waals surface area contributed by atoms with Gasteiger partial charge in [-0.05, 0) is 18.9 Å². The van der Waals surface area contributed by atoms with Crippen molar-refractivity contribution in [2.24, 2.45) is 4.99 Å². The van der Waals surface area contributed by atoms with E-state index in [1.54, 1.807) is 11.3 Å². The van der Waals surface area contributed by atoms with Crippen molar-refractivity contribution in [3.8, 4) is 0 Å². The summed E-state index contributed by atoms with van der Waals surface area (Å²) in [7, 11) is 4.02. The summed E-state index contributed by atoms with van der Waals surface area (Å²) >= 11 is 1.65. The molecule has 2 unspecified atom stereocenters. The molecule has 0 aliphatic heterocycles. The Bertz CT molecular complexity index is 686. The van der Waals surface area contributed by atoms with Crippen molar-refractivity contribution >= 4 is 46.4 Å². The summed E-state index contributed by atoms with van der Waals surface area (Å²) in [5.74, 6) is 1.47. The fraction of sp³-hybridized carbons (Fsp3) is 0.444. The molecule has 1 saturated carbocycles. The molecule has 0 bridgehead atoms. The quantitative estimate of drug-likeness (QED) is 0.385. The maximum Gasteiger partial charge on any atom is 0.191 e. The van der Waals surface area contributed by atoms with Crippen molar-refractivity contribution in [1.82, 2.24) is 15.6 Å². The van der Waals surface area contributed by atoms with E-state index in [-0.39, 0.29) is 24.0 Å². The molecule has 2 aromatic rings. The van der Waals surface area contributed by atoms with E-state index in [9.17, 15) is 0 Å². The van der Waals surface area contributed by atoms with E-state index in [1.807, 2.05) is 19.0 Å². The molecule has 0 saturated heterocycles. The van der Waals surface area contributed by atoms with E-state index < -0.39 is 0 Å². The highest BCUT2D eigenvalue weighted by atomic mass is 127. The van der Waals surface area contributed by atoms with Crippen LogP contribution in [0.15, 0.2) is 40.7 Å². The lowest BCUT2D eigenvalue weighted by Gasteiger charge is -2.11. The molecular formula is C18H26IN5S. The van der Waals surface area contributed by atoms with Gasteiger partial charge in [0.05, 0.1) is 12.2 Å². The van der Waals surface area contributed by atoms with Crippen molar-refractivity contribution in [3.63, 3.8) is 0 Å². The Hall–Kier alpha value is -1.35. The fourth-order valence-corrected chi connectivity index (χ4v) is 3.40. The number of anilines is 1. The Labute approximate surface area is 171 Å². The molecule has 2 atom stereocenters. The van der Waals surface area contributed by atoms with Gasteiger partial charge in [0.15, 0.2) is 11.1 Å². The third-order valence-corrected chi connectivity index (χ3v) is 5.06. The van der Waals surface area contributed by atoms with Gasteiger partial charge in [0, 0.05) is 38.0 Å². The Balaban J connectivity index is 0.00000225. The number of aromatic nitrogens is 1. The second-order valence-corrected chi connectivity index (χ2v) is 7.05. The number of rotatable bonds is 6. The smallest absolute Gasteiger partial charge is 0.191 e. The first-order valence-corrected chi connectivity index (χ1v) is 9.27. The molecule has 0 radical (unpaired) electrons. The number of nitrogens with zero attached hydrogens (tertiary/aromatic N) is 3. The second-order valence-electron chi connectivity index (χ2n) is 6.21. The SMILES string of the molecule is CCNC(=NCc1csc(N(C)C)n1)NC1CC1c1ccccc1.I. The number of nitrogens with one attached hydrogen (secondary N) is 2. The molecule has 25 heavy (non-hydrogen) atoms. The first kappa shape index (κ1) is 20.0. The predicted molar refractivity (Wildman–Crippen MR) is 117 cm³/mol. The normalized spacial score (nSPS) is 19.1. The summed E-state index contributed by atoms with van der Waals surface area (Å²) in [6.07, 6.45) is 1.16. The third-order valence-electron chi connectivity index (χ3n) is 4.01. The van der Waals surface area contributed by atoms with Crippen molar-refractivity contribution in [1.29, 1.82) is 0 Å². The summed E-state index contributed by atoms with van der Waals surface area (Å²) in [5, 5.41) is 9.97. The molecule has 1 fully saturated rings. The summed E-state index contributed by atoms with van der Waals surface area (Å²) in [5.41, 5.74) is 2.41. The molecule has 136 valence electrons. The zero-order valence-electron chi connectivity index (χ0n) is 14.9. The molecule has 1 aromatic carbocycles. The van der Waals surface area contributed by atoms with Gasteiger partial charge in [0.1, 0.15) is 0 Å². The van der Waals surface area contributed by atoms with Crippen molar-refractivity contribution in [2.45, 2.75) is 31.8 Å². The lowest BCUT2D eigenvalue weighted by molar-refractivity contribution is 0.792. The minimum absolute atomic E-state index is 0. The number of aliphatic imine (C=N–C) groups is 1. The van der Waals surface area contributed by atoms with E-state index in [1.165, 1.54) is 5.56 Å². The number of guanidine groups is 1. The van der Waals surface area contributed by atoms with E-state index in [0.29, 0.717) is 18.5 Å². The maximum atomic E-state index is 4.68. The van der Waals surface area contributed by atoms with Gasteiger partial charge >= 0.3 is 0 Å². The topological polar surface area (TPSA) is 52.6 Å². The highest BCUT2D eigenvalue weighted by Gasteiger charge is 2.38. The lowest BCUT2D eigenvalue weighted by atomic mass is 10.1. The van der Waals surface area contributed by atoms with Crippen LogP contribution in [0.3, 0.4) is 0 Å². The molecule has 1 aliphatic rings. The van der Waals surface area contributed by atoms with Crippen LogP contribution in [0.25, 0.3) is 0 Å². The zero-order valence-corrected chi connectivity index (χ0v) is 18.0. The van der Waals surface area contributed by atoms with Crippen molar-refractivity contribution in [2.75, 3.05) is 25.5 Å². The highest BCUT2D eigenvalue weighted by molar-refractivity contribution is 14.0. The largest absolute Gasteiger partial charge is 0.357 e. The van der Waals surface area contributed by atoms with Crippen molar-refractivity contribution < 1.29 is 0 Å². The third kappa shape index (κ3) is 5.57. The van der Waals surface area contributed by atoms with E-state index in [2.05, 4.69) is 63.2 Å². The van der Waals surface area contributed by atoms with Gasteiger partial charge in [-0.1, -0.05) is 30.3 Å². The molecule has 2 N–H and O–H groups in total. The standard InChI is InChI=1S/C18H25N5S.HI/c1-4-19-17(20-11-14-12-24-18(21-14)23(2)3)22-16-10-15(16)13-8-6-5-7-9-13;/h5-9,12,15-16H,4,10-11H2,1-3H3,(H2,19,20,22);1H. The van der Waals surface area contributed by atoms with E-state index >= 15 is 0 Å². The predicted octanol–water partition coefficient (Wildman–Crippen LogP) is 3.44. The molecule has 1 heterocycles. The van der Waals surface area contributed by atoms with Crippen LogP contribution in [0.4, 0.5) is 5.13 Å². The molecule has 0 amide bonds. The van der Waals surface area contributed by atoms with Crippen LogP contribution in [-0.2, 0) is 6.54 Å². The van der Waals surface area contributed by atoms with Gasteiger partial charge in [0.2, 0.25) is 0 Å². The molecule has 1 aromatic heterocycles. The minimum atomic E-state index is 0. The van der Waals surface area contributed by atoms with Gasteiger partial charge in [-0.25, -0.2) is 9.98 Å². The molecule has 7 heteroatoms. The minimum Gasteiger partial charge on any atom is -0.357 e. The summed E-state index contributed by atoms with van der Waals surface area (Å²) in [6, 6.07) is 11.2. The highest BCUT2D eigenvalue weighted by Crippen LogP contribution is 2.40.